The quantitative estimate of drug-likeness (QED) is 0.445. The summed E-state index contributed by atoms with van der Waals surface area (Å²) < 4.78 is 1.96. The van der Waals surface area contributed by atoms with E-state index in [-0.39, 0.29) is 5.88 Å². The molecule has 4 aromatic rings. The van der Waals surface area contributed by atoms with Crippen molar-refractivity contribution in [3.05, 3.63) is 46.4 Å². The second kappa shape index (κ2) is 5.19. The Hall–Kier alpha value is -2.25. The van der Waals surface area contributed by atoms with E-state index in [1.807, 2.05) is 36.4 Å². The molecule has 0 amide bonds. The molecule has 5 nitrogen and oxygen atoms in total. The summed E-state index contributed by atoms with van der Waals surface area (Å²) in [6, 6.07) is 11.3. The van der Waals surface area contributed by atoms with E-state index < -0.39 is 0 Å². The number of hydrogen-bond acceptors (Lipinski definition) is 5. The van der Waals surface area contributed by atoms with E-state index in [1.165, 1.54) is 11.3 Å². The predicted octanol–water partition coefficient (Wildman–Crippen LogP) is 5.66. The fraction of sp³-hybridized carbons (Fsp3) is 0. The number of benzene rings is 2. The van der Waals surface area contributed by atoms with Crippen molar-refractivity contribution in [1.29, 1.82) is 0 Å². The number of fused-ring (bicyclic) bond motifs is 3. The maximum Gasteiger partial charge on any atom is 0.218 e. The number of hydrogen-bond donors (Lipinski definition) is 2. The lowest BCUT2D eigenvalue weighted by atomic mass is 10.2. The smallest absolute Gasteiger partial charge is 0.218 e. The number of nitrogens with one attached hydrogen (secondary N) is 1. The molecule has 22 heavy (non-hydrogen) atoms. The van der Waals surface area contributed by atoms with Crippen LogP contribution in [0.25, 0.3) is 21.1 Å². The van der Waals surface area contributed by atoms with Gasteiger partial charge in [0.15, 0.2) is 5.69 Å². The Morgan fingerprint density at radius 2 is 1.91 bits per heavy atom. The number of H-pyrrole nitrogens is 1. The lowest BCUT2D eigenvalue weighted by molar-refractivity contribution is 0.459. The van der Waals surface area contributed by atoms with Gasteiger partial charge in [0.25, 0.3) is 0 Å². The molecular weight excluding hydrogens is 364 g/mol. The van der Waals surface area contributed by atoms with Gasteiger partial charge in [-0.25, -0.2) is 4.98 Å². The molecule has 4 rings (SSSR count). The summed E-state index contributed by atoms with van der Waals surface area (Å²) in [5.74, 6) is 0.0109. The molecule has 2 N–H and O–H groups in total. The summed E-state index contributed by atoms with van der Waals surface area (Å²) in [5, 5.41) is 19.4. The predicted molar refractivity (Wildman–Crippen MR) is 91.5 cm³/mol. The van der Waals surface area contributed by atoms with Crippen molar-refractivity contribution in [1.82, 2.24) is 9.97 Å². The van der Waals surface area contributed by atoms with Gasteiger partial charge in [-0.3, -0.25) is 0 Å². The fourth-order valence-corrected chi connectivity index (χ4v) is 3.39. The molecule has 2 aromatic heterocycles. The molecule has 0 radical (unpaired) electrons. The van der Waals surface area contributed by atoms with Gasteiger partial charge in [0, 0.05) is 4.47 Å². The molecule has 0 unspecified atom stereocenters. The molecule has 2 aromatic carbocycles. The van der Waals surface area contributed by atoms with E-state index in [9.17, 15) is 5.11 Å². The number of aromatic nitrogens is 2. The maximum absolute atomic E-state index is 10.1. The lowest BCUT2D eigenvalue weighted by Gasteiger charge is -1.95. The second-order valence-electron chi connectivity index (χ2n) is 4.69. The van der Waals surface area contributed by atoms with E-state index in [0.29, 0.717) is 11.4 Å². The van der Waals surface area contributed by atoms with Gasteiger partial charge in [0.1, 0.15) is 0 Å². The summed E-state index contributed by atoms with van der Waals surface area (Å²) in [7, 11) is 0. The highest BCUT2D eigenvalue weighted by molar-refractivity contribution is 9.10. The number of thiazole rings is 1. The van der Waals surface area contributed by atoms with Crippen molar-refractivity contribution in [3.8, 4) is 5.88 Å². The first-order chi connectivity index (χ1) is 10.7. The van der Waals surface area contributed by atoms with E-state index >= 15 is 0 Å². The largest absolute Gasteiger partial charge is 0.493 e. The first kappa shape index (κ1) is 13.4. The number of halogens is 1. The van der Waals surface area contributed by atoms with Crippen LogP contribution in [0.2, 0.25) is 0 Å². The molecule has 0 atom stereocenters. The van der Waals surface area contributed by atoms with Crippen molar-refractivity contribution in [2.75, 3.05) is 0 Å². The molecule has 2 heterocycles. The minimum absolute atomic E-state index is 0.0109. The zero-order chi connectivity index (χ0) is 15.1. The second-order valence-corrected chi connectivity index (χ2v) is 6.46. The van der Waals surface area contributed by atoms with Crippen molar-refractivity contribution >= 4 is 59.8 Å². The highest BCUT2D eigenvalue weighted by Crippen LogP contribution is 2.41. The molecule has 0 spiro atoms. The van der Waals surface area contributed by atoms with Crippen LogP contribution in [0, 0.1) is 0 Å². The number of azo groups is 1. The van der Waals surface area contributed by atoms with Gasteiger partial charge in [0.2, 0.25) is 5.88 Å². The van der Waals surface area contributed by atoms with Gasteiger partial charge in [-0.2, -0.15) is 5.11 Å². The summed E-state index contributed by atoms with van der Waals surface area (Å²) in [6.45, 7) is 0. The third kappa shape index (κ3) is 2.18. The van der Waals surface area contributed by atoms with Gasteiger partial charge in [-0.15, -0.1) is 16.5 Å². The Balaban J connectivity index is 1.88. The number of rotatable bonds is 2. The van der Waals surface area contributed by atoms with E-state index in [0.717, 1.165) is 25.6 Å². The Morgan fingerprint density at radius 3 is 2.73 bits per heavy atom. The van der Waals surface area contributed by atoms with Gasteiger partial charge in [-0.1, -0.05) is 15.9 Å². The first-order valence-electron chi connectivity index (χ1n) is 6.46. The average Bonchev–Trinajstić information content (AvgIpc) is 3.10. The van der Waals surface area contributed by atoms with E-state index in [2.05, 4.69) is 36.1 Å². The molecule has 0 saturated carbocycles. The molecule has 0 fully saturated rings. The van der Waals surface area contributed by atoms with E-state index in [4.69, 9.17) is 0 Å². The Morgan fingerprint density at radius 1 is 1.09 bits per heavy atom. The first-order valence-corrected chi connectivity index (χ1v) is 8.14. The average molecular weight is 373 g/mol. The van der Waals surface area contributed by atoms with Crippen LogP contribution in [-0.4, -0.2) is 15.1 Å². The molecule has 0 aliphatic heterocycles. The molecule has 108 valence electrons. The van der Waals surface area contributed by atoms with Crippen LogP contribution in [0.3, 0.4) is 0 Å². The van der Waals surface area contributed by atoms with Crippen molar-refractivity contribution in [2.24, 2.45) is 10.2 Å². The zero-order valence-corrected chi connectivity index (χ0v) is 13.5. The number of aromatic hydroxyl groups is 1. The Kier molecular flexibility index (Phi) is 3.16. The van der Waals surface area contributed by atoms with Crippen LogP contribution in [0.15, 0.2) is 56.6 Å². The maximum atomic E-state index is 10.1. The highest BCUT2D eigenvalue weighted by Gasteiger charge is 2.14. The topological polar surface area (TPSA) is 73.6 Å². The fourth-order valence-electron chi connectivity index (χ4n) is 2.29. The van der Waals surface area contributed by atoms with Gasteiger partial charge in [-0.05, 0) is 36.4 Å². The minimum Gasteiger partial charge on any atom is -0.493 e. The van der Waals surface area contributed by atoms with Crippen LogP contribution in [-0.2, 0) is 0 Å². The van der Waals surface area contributed by atoms with Crippen molar-refractivity contribution in [2.45, 2.75) is 0 Å². The van der Waals surface area contributed by atoms with Crippen molar-refractivity contribution < 1.29 is 5.11 Å². The van der Waals surface area contributed by atoms with Crippen molar-refractivity contribution in [3.63, 3.8) is 0 Å². The van der Waals surface area contributed by atoms with E-state index in [1.54, 1.807) is 5.51 Å². The third-order valence-electron chi connectivity index (χ3n) is 3.31. The third-order valence-corrected chi connectivity index (χ3v) is 4.69. The Labute approximate surface area is 137 Å². The van der Waals surface area contributed by atoms with Gasteiger partial charge >= 0.3 is 0 Å². The molecule has 7 heteroatoms. The number of nitrogens with zero attached hydrogens (tertiary/aromatic N) is 3. The molecule has 0 bridgehead atoms. The van der Waals surface area contributed by atoms with Crippen LogP contribution in [0.1, 0.15) is 0 Å². The Bertz CT molecular complexity index is 1000. The SMILES string of the molecule is Oc1[nH]c2ccc3ncsc3c2c1N=Nc1ccc(Br)cc1. The summed E-state index contributed by atoms with van der Waals surface area (Å²) in [4.78, 5) is 7.22. The minimum atomic E-state index is 0.0109. The van der Waals surface area contributed by atoms with Crippen LogP contribution in [0.4, 0.5) is 11.4 Å². The molecule has 0 aliphatic carbocycles. The highest BCUT2D eigenvalue weighted by atomic mass is 79.9. The summed E-state index contributed by atoms with van der Waals surface area (Å²) in [6.07, 6.45) is 0. The van der Waals surface area contributed by atoms with Gasteiger partial charge < -0.3 is 10.1 Å². The summed E-state index contributed by atoms with van der Waals surface area (Å²) in [5.41, 5.74) is 4.64. The van der Waals surface area contributed by atoms with Crippen LogP contribution >= 0.6 is 27.3 Å². The monoisotopic (exact) mass is 372 g/mol. The molecule has 0 saturated heterocycles. The van der Waals surface area contributed by atoms with Crippen LogP contribution in [0.5, 0.6) is 5.88 Å². The number of aromatic amines is 1. The molecule has 0 aliphatic rings. The summed E-state index contributed by atoms with van der Waals surface area (Å²) >= 11 is 4.90. The zero-order valence-electron chi connectivity index (χ0n) is 11.1. The standard InChI is InChI=1S/C15H9BrN4OS/c16-8-1-3-9(4-2-8)19-20-13-12-10(18-15(13)21)5-6-11-14(12)22-7-17-11/h1-7,18,21H. The lowest BCUT2D eigenvalue weighted by Crippen LogP contribution is -1.70. The van der Waals surface area contributed by atoms with Crippen LogP contribution < -0.4 is 0 Å². The molecular formula is C15H9BrN4OS. The van der Waals surface area contributed by atoms with Gasteiger partial charge in [0.05, 0.1) is 32.3 Å². The normalized spacial score (nSPS) is 11.9.